The summed E-state index contributed by atoms with van der Waals surface area (Å²) >= 11 is 5.94. The van der Waals surface area contributed by atoms with Gasteiger partial charge in [0.25, 0.3) is 15.9 Å². The van der Waals surface area contributed by atoms with E-state index in [0.717, 1.165) is 15.4 Å². The van der Waals surface area contributed by atoms with E-state index in [9.17, 15) is 13.2 Å². The number of nitrogens with one attached hydrogen (secondary N) is 1. The minimum Gasteiger partial charge on any atom is -0.490 e. The van der Waals surface area contributed by atoms with Gasteiger partial charge in [-0.25, -0.2) is 13.8 Å². The first kappa shape index (κ1) is 28.0. The van der Waals surface area contributed by atoms with E-state index in [-0.39, 0.29) is 4.90 Å². The molecule has 0 spiro atoms. The Balaban J connectivity index is 1.82. The number of aryl methyl sites for hydroxylation is 2. The van der Waals surface area contributed by atoms with Gasteiger partial charge in [-0.05, 0) is 99.0 Å². The van der Waals surface area contributed by atoms with Crippen molar-refractivity contribution in [1.29, 1.82) is 0 Å². The first-order valence-electron chi connectivity index (χ1n) is 11.7. The molecule has 1 amide bonds. The lowest BCUT2D eigenvalue weighted by Crippen LogP contribution is -2.39. The van der Waals surface area contributed by atoms with Gasteiger partial charge in [-0.3, -0.25) is 9.10 Å². The molecule has 3 aromatic rings. The maximum absolute atomic E-state index is 13.5. The molecule has 37 heavy (non-hydrogen) atoms. The highest BCUT2D eigenvalue weighted by Gasteiger charge is 2.27. The van der Waals surface area contributed by atoms with Gasteiger partial charge in [0.15, 0.2) is 11.5 Å². The Hall–Kier alpha value is -3.56. The average molecular weight is 544 g/mol. The fourth-order valence-electron chi connectivity index (χ4n) is 3.42. The lowest BCUT2D eigenvalue weighted by molar-refractivity contribution is -0.119. The first-order chi connectivity index (χ1) is 17.6. The smallest absolute Gasteiger partial charge is 0.264 e. The number of hydrazone groups is 1. The number of anilines is 1. The van der Waals surface area contributed by atoms with Crippen molar-refractivity contribution < 1.29 is 22.7 Å². The van der Waals surface area contributed by atoms with E-state index in [1.165, 1.54) is 30.5 Å². The number of carbonyl (C=O) groups is 1. The molecule has 0 saturated heterocycles. The van der Waals surface area contributed by atoms with Crippen LogP contribution in [0.2, 0.25) is 5.02 Å². The van der Waals surface area contributed by atoms with Crippen LogP contribution >= 0.6 is 11.6 Å². The summed E-state index contributed by atoms with van der Waals surface area (Å²) in [6.45, 7) is 8.05. The van der Waals surface area contributed by atoms with Gasteiger partial charge in [-0.2, -0.15) is 5.10 Å². The third kappa shape index (κ3) is 7.24. The van der Waals surface area contributed by atoms with E-state index in [2.05, 4.69) is 10.5 Å². The zero-order valence-corrected chi connectivity index (χ0v) is 22.8. The van der Waals surface area contributed by atoms with E-state index in [1.807, 2.05) is 33.8 Å². The van der Waals surface area contributed by atoms with Gasteiger partial charge in [0.05, 0.1) is 30.0 Å². The Labute approximate surface area is 222 Å². The predicted octanol–water partition coefficient (Wildman–Crippen LogP) is 5.10. The molecule has 3 rings (SSSR count). The Morgan fingerprint density at radius 1 is 0.946 bits per heavy atom. The lowest BCUT2D eigenvalue weighted by atomic mass is 10.1. The summed E-state index contributed by atoms with van der Waals surface area (Å²) in [6, 6.07) is 16.3. The number of nitrogens with zero attached hydrogens (tertiary/aromatic N) is 2. The minimum atomic E-state index is -4.06. The second-order valence-electron chi connectivity index (χ2n) is 8.10. The number of hydrogen-bond acceptors (Lipinski definition) is 6. The van der Waals surface area contributed by atoms with Crippen LogP contribution in [0.4, 0.5) is 5.69 Å². The number of sulfonamides is 1. The van der Waals surface area contributed by atoms with Gasteiger partial charge in [0.1, 0.15) is 6.54 Å². The monoisotopic (exact) mass is 543 g/mol. The molecule has 10 heteroatoms. The van der Waals surface area contributed by atoms with Gasteiger partial charge in [-0.15, -0.1) is 0 Å². The summed E-state index contributed by atoms with van der Waals surface area (Å²) < 4.78 is 39.2. The van der Waals surface area contributed by atoms with Crippen LogP contribution in [-0.4, -0.2) is 40.3 Å². The number of benzene rings is 3. The SMILES string of the molecule is CCOc1ccc(/C=N\NC(=O)CN(c2ccc(C)c(C)c2)S(=O)(=O)c2ccc(Cl)cc2)cc1OCC. The normalized spacial score (nSPS) is 11.4. The van der Waals surface area contributed by atoms with Gasteiger partial charge in [0.2, 0.25) is 0 Å². The minimum absolute atomic E-state index is 0.0178. The van der Waals surface area contributed by atoms with Gasteiger partial charge in [0, 0.05) is 5.02 Å². The van der Waals surface area contributed by atoms with Crippen LogP contribution in [0.15, 0.2) is 70.7 Å². The fourth-order valence-corrected chi connectivity index (χ4v) is 4.96. The van der Waals surface area contributed by atoms with Crippen molar-refractivity contribution in [3.63, 3.8) is 0 Å². The average Bonchev–Trinajstić information content (AvgIpc) is 2.86. The zero-order chi connectivity index (χ0) is 27.0. The van der Waals surface area contributed by atoms with Crippen LogP contribution in [-0.2, 0) is 14.8 Å². The van der Waals surface area contributed by atoms with Crippen molar-refractivity contribution in [2.45, 2.75) is 32.6 Å². The van der Waals surface area contributed by atoms with E-state index >= 15 is 0 Å². The van der Waals surface area contributed by atoms with Crippen LogP contribution < -0.4 is 19.2 Å². The number of halogens is 1. The van der Waals surface area contributed by atoms with Crippen LogP contribution in [0.5, 0.6) is 11.5 Å². The molecule has 0 bridgehead atoms. The summed E-state index contributed by atoms with van der Waals surface area (Å²) in [4.78, 5) is 12.8. The quantitative estimate of drug-likeness (QED) is 0.268. The fraction of sp³-hybridized carbons (Fsp3) is 0.259. The molecule has 0 aliphatic carbocycles. The summed E-state index contributed by atoms with van der Waals surface area (Å²) in [7, 11) is -4.06. The van der Waals surface area contributed by atoms with Crippen LogP contribution in [0, 0.1) is 13.8 Å². The third-order valence-corrected chi connectivity index (χ3v) is 7.48. The number of rotatable bonds is 11. The van der Waals surface area contributed by atoms with Crippen molar-refractivity contribution >= 4 is 39.4 Å². The van der Waals surface area contributed by atoms with E-state index in [1.54, 1.807) is 30.3 Å². The van der Waals surface area contributed by atoms with Crippen molar-refractivity contribution in [3.05, 3.63) is 82.4 Å². The predicted molar refractivity (Wildman–Crippen MR) is 146 cm³/mol. The number of hydrogen-bond donors (Lipinski definition) is 1. The van der Waals surface area contributed by atoms with Crippen LogP contribution in [0.1, 0.15) is 30.5 Å². The highest BCUT2D eigenvalue weighted by atomic mass is 35.5. The Bertz CT molecular complexity index is 1380. The van der Waals surface area contributed by atoms with Gasteiger partial charge < -0.3 is 9.47 Å². The van der Waals surface area contributed by atoms with E-state index in [4.69, 9.17) is 21.1 Å². The van der Waals surface area contributed by atoms with Crippen LogP contribution in [0.25, 0.3) is 0 Å². The Morgan fingerprint density at radius 3 is 2.27 bits per heavy atom. The lowest BCUT2D eigenvalue weighted by Gasteiger charge is -2.24. The molecule has 8 nitrogen and oxygen atoms in total. The van der Waals surface area contributed by atoms with Crippen molar-refractivity contribution in [1.82, 2.24) is 5.43 Å². The molecule has 0 aromatic heterocycles. The summed E-state index contributed by atoms with van der Waals surface area (Å²) in [5.74, 6) is 0.569. The summed E-state index contributed by atoms with van der Waals surface area (Å²) in [6.07, 6.45) is 1.45. The molecule has 0 radical (unpaired) electrons. The van der Waals surface area contributed by atoms with Crippen molar-refractivity contribution in [2.24, 2.45) is 5.10 Å². The molecular weight excluding hydrogens is 514 g/mol. The molecule has 0 atom stereocenters. The molecule has 0 aliphatic heterocycles. The topological polar surface area (TPSA) is 97.3 Å². The van der Waals surface area contributed by atoms with Crippen molar-refractivity contribution in [2.75, 3.05) is 24.1 Å². The largest absolute Gasteiger partial charge is 0.490 e. The molecule has 196 valence electrons. The first-order valence-corrected chi connectivity index (χ1v) is 13.5. The highest BCUT2D eigenvalue weighted by Crippen LogP contribution is 2.28. The Morgan fingerprint density at radius 2 is 1.62 bits per heavy atom. The van der Waals surface area contributed by atoms with Crippen LogP contribution in [0.3, 0.4) is 0 Å². The molecule has 0 unspecified atom stereocenters. The Kier molecular flexibility index (Phi) is 9.54. The standard InChI is InChI=1S/C27H30ClN3O5S/c1-5-35-25-14-8-21(16-26(25)36-6-2)17-29-30-27(32)18-31(23-11-7-19(3)20(4)15-23)37(33,34)24-12-9-22(28)10-13-24/h7-17H,5-6,18H2,1-4H3,(H,30,32)/b29-17-. The third-order valence-electron chi connectivity index (χ3n) is 5.44. The highest BCUT2D eigenvalue weighted by molar-refractivity contribution is 7.92. The molecule has 0 aliphatic rings. The number of ether oxygens (including phenoxy) is 2. The van der Waals surface area contributed by atoms with E-state index in [0.29, 0.717) is 41.0 Å². The second kappa shape index (κ2) is 12.6. The molecule has 0 fully saturated rings. The number of amides is 1. The van der Waals surface area contributed by atoms with Gasteiger partial charge >= 0.3 is 0 Å². The molecule has 0 saturated carbocycles. The second-order valence-corrected chi connectivity index (χ2v) is 10.4. The summed E-state index contributed by atoms with van der Waals surface area (Å²) in [5.41, 5.74) is 5.35. The summed E-state index contributed by atoms with van der Waals surface area (Å²) in [5, 5.41) is 4.41. The molecular formula is C27H30ClN3O5S. The van der Waals surface area contributed by atoms with Crippen molar-refractivity contribution in [3.8, 4) is 11.5 Å². The molecule has 3 aromatic carbocycles. The van der Waals surface area contributed by atoms with Gasteiger partial charge in [-0.1, -0.05) is 17.7 Å². The zero-order valence-electron chi connectivity index (χ0n) is 21.2. The molecule has 1 N–H and O–H groups in total. The maximum Gasteiger partial charge on any atom is 0.264 e. The molecule has 0 heterocycles. The maximum atomic E-state index is 13.5. The number of carbonyl (C=O) groups excluding carboxylic acids is 1. The van der Waals surface area contributed by atoms with E-state index < -0.39 is 22.5 Å².